The van der Waals surface area contributed by atoms with Crippen LogP contribution in [0.2, 0.25) is 18.1 Å². The van der Waals surface area contributed by atoms with Gasteiger partial charge < -0.3 is 63.9 Å². The minimum absolute atomic E-state index is 0. The van der Waals surface area contributed by atoms with Gasteiger partial charge in [0, 0.05) is 132 Å². The molecular weight excluding hydrogens is 1170 g/mol. The van der Waals surface area contributed by atoms with Gasteiger partial charge in [0.25, 0.3) is 0 Å². The third-order valence-corrected chi connectivity index (χ3v) is 21.2. The van der Waals surface area contributed by atoms with Crippen molar-refractivity contribution in [1.82, 2.24) is 39.3 Å². The number of nitrogen functional groups attached to an aromatic ring is 1. The molecule has 0 atom stereocenters. The highest BCUT2D eigenvalue weighted by Gasteiger charge is 2.37. The van der Waals surface area contributed by atoms with Crippen LogP contribution in [0.1, 0.15) is 131 Å². The number of hydrogen-bond donors (Lipinski definition) is 4. The lowest BCUT2D eigenvalue weighted by atomic mass is 10.1. The zero-order chi connectivity index (χ0) is 64.7. The number of methoxy groups -OCH3 is 2. The molecule has 2 saturated heterocycles. The van der Waals surface area contributed by atoms with Crippen LogP contribution in [0.15, 0.2) is 54.6 Å². The van der Waals surface area contributed by atoms with Crippen molar-refractivity contribution < 1.29 is 46.5 Å². The second kappa shape index (κ2) is 32.4. The first-order valence-electron chi connectivity index (χ1n) is 31.7. The highest BCUT2D eigenvalue weighted by molar-refractivity contribution is 6.74. The van der Waals surface area contributed by atoms with Gasteiger partial charge in [0.1, 0.15) is 39.8 Å². The van der Waals surface area contributed by atoms with Gasteiger partial charge in [-0.3, -0.25) is 4.79 Å². The lowest BCUT2D eigenvalue weighted by Gasteiger charge is -2.36. The molecule has 496 valence electrons. The molecule has 5 N–H and O–H groups in total. The number of piperazine rings is 2. The molecule has 9 rings (SSSR count). The molecule has 0 radical (unpaired) electrons. The van der Waals surface area contributed by atoms with Crippen molar-refractivity contribution in [2.24, 2.45) is 0 Å². The van der Waals surface area contributed by atoms with Crippen LogP contribution in [-0.2, 0) is 46.4 Å². The number of imidazole rings is 2. The number of aromatic nitrogens is 6. The molecule has 0 aliphatic carbocycles. The van der Waals surface area contributed by atoms with E-state index in [0.29, 0.717) is 25.5 Å². The zero-order valence-electron chi connectivity index (χ0n) is 54.7. The van der Waals surface area contributed by atoms with Crippen molar-refractivity contribution in [3.8, 4) is 11.5 Å². The molecule has 2 aliphatic rings. The van der Waals surface area contributed by atoms with Crippen molar-refractivity contribution in [3.05, 3.63) is 71.8 Å². The summed E-state index contributed by atoms with van der Waals surface area (Å²) in [6, 6.07) is 18.9. The Morgan fingerprint density at radius 2 is 1.27 bits per heavy atom. The Balaban J connectivity index is 0.000000298. The maximum absolute atomic E-state index is 12.8. The quantitative estimate of drug-likeness (QED) is 0.0266. The third-order valence-electron chi connectivity index (χ3n) is 16.7. The standard InChI is InChI=1S/C42H64N6O5Si.C22H32N6O.C2HF3O.CH4/c1-12-13-16-36-45-37-38(48(36)21-14-15-26-52-54(10,11)42(5,6)7)33-27-31(46-22-24-47(25-23-46)40(49)53-41(2,3)4)18-20-34(33)44-39(37)43-29-30-17-19-32(50-8)28-35(30)51-9;1-2-3-6-19-26-20-21(28(19)11-4-5-14-29)17-15-16(27-12-9-24-10-13-27)7-8-18(17)25-22(20)23;3-2(4,5)1-6;/h17-20,27-28H,12-16,21-26,29H2,1-11H3,(H,43,44);7-8,15,24,29H,2-6,9-14H2,1H3,(H2,23,25);1H;1H4. The van der Waals surface area contributed by atoms with Gasteiger partial charge in [0.05, 0.1) is 36.3 Å². The van der Waals surface area contributed by atoms with Crippen LogP contribution in [0.3, 0.4) is 0 Å². The number of halogens is 3. The van der Waals surface area contributed by atoms with Gasteiger partial charge in [-0.2, -0.15) is 13.2 Å². The van der Waals surface area contributed by atoms with Crippen molar-refractivity contribution in [2.75, 3.05) is 101 Å². The van der Waals surface area contributed by atoms with Crippen LogP contribution in [0.5, 0.6) is 11.5 Å². The van der Waals surface area contributed by atoms with Crippen LogP contribution in [0, 0.1) is 0 Å². The monoisotopic (exact) mass is 1270 g/mol. The van der Waals surface area contributed by atoms with E-state index in [9.17, 15) is 23.1 Å². The van der Waals surface area contributed by atoms with Crippen LogP contribution in [-0.4, -0.2) is 151 Å². The Hall–Kier alpha value is -6.95. The maximum atomic E-state index is 12.8. The molecule has 0 saturated carbocycles. The minimum atomic E-state index is -4.64. The van der Waals surface area contributed by atoms with Crippen molar-refractivity contribution in [3.63, 3.8) is 0 Å². The second-order valence-corrected chi connectivity index (χ2v) is 30.3. The Kier molecular flexibility index (Phi) is 25.9. The number of pyridine rings is 2. The number of carbonyl (C=O) groups excluding carboxylic acids is 2. The number of ether oxygens (including phenoxy) is 3. The first-order valence-corrected chi connectivity index (χ1v) is 34.6. The third kappa shape index (κ3) is 18.8. The fraction of sp³-hybridized carbons (Fsp3) is 0.582. The first kappa shape index (κ1) is 72.1. The molecule has 19 nitrogen and oxygen atoms in total. The summed E-state index contributed by atoms with van der Waals surface area (Å²) in [4.78, 5) is 48.2. The Bertz CT molecular complexity index is 3460. The largest absolute Gasteiger partial charge is 0.497 e. The van der Waals surface area contributed by atoms with E-state index in [0.717, 1.165) is 207 Å². The summed E-state index contributed by atoms with van der Waals surface area (Å²) in [5.41, 5.74) is 14.9. The number of nitrogens with two attached hydrogens (primary N) is 1. The van der Waals surface area contributed by atoms with Gasteiger partial charge in [-0.05, 0) is 126 Å². The maximum Gasteiger partial charge on any atom is 0.446 e. The van der Waals surface area contributed by atoms with Crippen molar-refractivity contribution in [1.29, 1.82) is 0 Å². The van der Waals surface area contributed by atoms with Gasteiger partial charge in [0.2, 0.25) is 6.29 Å². The zero-order valence-corrected chi connectivity index (χ0v) is 55.7. The van der Waals surface area contributed by atoms with E-state index in [2.05, 4.69) is 119 Å². The smallest absolute Gasteiger partial charge is 0.446 e. The second-order valence-electron chi connectivity index (χ2n) is 25.5. The number of aryl methyl sites for hydroxylation is 4. The fourth-order valence-corrected chi connectivity index (χ4v) is 11.9. The first-order chi connectivity index (χ1) is 42.3. The SMILES string of the molecule is C.CCCCc1nc2c(N)nc3ccc(N4CCNCC4)cc3c2n1CCCCO.CCCCc1nc2c(NCc3ccc(OC)cc3OC)nc3ccc(N4CCN(C(=O)OC(C)(C)C)CC4)cc3c2n1CCCCO[Si](C)(C)C(C)(C)C.O=CC(F)(F)F. The average molecular weight is 1270 g/mol. The van der Waals surface area contributed by atoms with Crippen molar-refractivity contribution >= 4 is 87.6 Å². The minimum Gasteiger partial charge on any atom is -0.497 e. The van der Waals surface area contributed by atoms with Gasteiger partial charge >= 0.3 is 12.3 Å². The van der Waals surface area contributed by atoms with E-state index in [1.165, 1.54) is 5.69 Å². The lowest BCUT2D eigenvalue weighted by Crippen LogP contribution is -2.50. The molecule has 6 heterocycles. The Morgan fingerprint density at radius 1 is 0.722 bits per heavy atom. The number of benzene rings is 3. The van der Waals surface area contributed by atoms with E-state index < -0.39 is 26.4 Å². The van der Waals surface area contributed by atoms with E-state index >= 15 is 0 Å². The van der Waals surface area contributed by atoms with Gasteiger partial charge in [-0.15, -0.1) is 0 Å². The number of amides is 1. The molecule has 0 spiro atoms. The van der Waals surface area contributed by atoms with Gasteiger partial charge in [-0.1, -0.05) is 54.9 Å². The summed E-state index contributed by atoms with van der Waals surface area (Å²) in [5.74, 6) is 4.93. The molecular formula is C67H101F3N12O7Si. The number of aliphatic hydroxyl groups excluding tert-OH is 1. The van der Waals surface area contributed by atoms with E-state index in [-0.39, 0.29) is 25.2 Å². The van der Waals surface area contributed by atoms with Crippen LogP contribution >= 0.6 is 0 Å². The Labute approximate surface area is 531 Å². The van der Waals surface area contributed by atoms with Crippen LogP contribution in [0.25, 0.3) is 43.9 Å². The number of carbonyl (C=O) groups is 2. The van der Waals surface area contributed by atoms with Crippen molar-refractivity contribution in [2.45, 2.75) is 177 Å². The number of anilines is 4. The number of nitrogens with zero attached hydrogens (tertiary/aromatic N) is 9. The highest BCUT2D eigenvalue weighted by Crippen LogP contribution is 2.38. The fourth-order valence-electron chi connectivity index (χ4n) is 10.8. The molecule has 4 aromatic heterocycles. The number of hydrogen-bond acceptors (Lipinski definition) is 16. The number of aldehydes is 1. The van der Waals surface area contributed by atoms with Crippen LogP contribution in [0.4, 0.5) is 41.0 Å². The molecule has 90 heavy (non-hydrogen) atoms. The molecule has 0 bridgehead atoms. The molecule has 0 unspecified atom stereocenters. The number of unbranched alkanes of at least 4 members (excludes halogenated alkanes) is 4. The summed E-state index contributed by atoms with van der Waals surface area (Å²) in [6.45, 7) is 31.5. The van der Waals surface area contributed by atoms with E-state index in [4.69, 9.17) is 44.1 Å². The van der Waals surface area contributed by atoms with Gasteiger partial charge in [-0.25, -0.2) is 24.7 Å². The summed E-state index contributed by atoms with van der Waals surface area (Å²) < 4.78 is 59.4. The van der Waals surface area contributed by atoms with Gasteiger partial charge in [0.15, 0.2) is 20.0 Å². The molecule has 1 amide bonds. The average Bonchev–Trinajstić information content (AvgIpc) is 1.55. The highest BCUT2D eigenvalue weighted by atomic mass is 28.4. The number of fused-ring (bicyclic) bond motifs is 6. The van der Waals surface area contributed by atoms with E-state index in [1.54, 1.807) is 14.2 Å². The molecule has 2 aliphatic heterocycles. The summed E-state index contributed by atoms with van der Waals surface area (Å²) in [7, 11) is 1.52. The van der Waals surface area contributed by atoms with Crippen LogP contribution < -0.4 is 35.6 Å². The number of nitrogens with one attached hydrogen (secondary N) is 2. The molecule has 7 aromatic rings. The number of rotatable bonds is 23. The number of alkyl halides is 3. The molecule has 23 heteroatoms. The molecule has 2 fully saturated rings. The summed E-state index contributed by atoms with van der Waals surface area (Å²) in [6.07, 6.45) is 3.92. The topological polar surface area (TPSA) is 213 Å². The Morgan fingerprint density at radius 3 is 1.79 bits per heavy atom. The summed E-state index contributed by atoms with van der Waals surface area (Å²) >= 11 is 0. The normalized spacial score (nSPS) is 14.1. The number of aliphatic hydroxyl groups is 1. The summed E-state index contributed by atoms with van der Waals surface area (Å²) in [5, 5.41) is 18.7. The predicted octanol–water partition coefficient (Wildman–Crippen LogP) is 13.5. The lowest BCUT2D eigenvalue weighted by molar-refractivity contribution is -0.156. The molecule has 3 aromatic carbocycles. The predicted molar refractivity (Wildman–Crippen MR) is 361 cm³/mol. The van der Waals surface area contributed by atoms with E-state index in [1.807, 2.05) is 43.9 Å².